The van der Waals surface area contributed by atoms with E-state index in [1.165, 1.54) is 16.9 Å². The first-order valence-electron chi connectivity index (χ1n) is 6.70. The van der Waals surface area contributed by atoms with Crippen LogP contribution in [0.3, 0.4) is 0 Å². The first-order valence-corrected chi connectivity index (χ1v) is 7.58. The molecule has 0 atom stereocenters. The molecule has 3 rings (SSSR count). The van der Waals surface area contributed by atoms with Crippen molar-refractivity contribution >= 4 is 22.5 Å². The fraction of sp³-hybridized carbons (Fsp3) is 0.357. The van der Waals surface area contributed by atoms with E-state index in [4.69, 9.17) is 0 Å². The second-order valence-corrected chi connectivity index (χ2v) is 5.68. The smallest absolute Gasteiger partial charge is 0.323 e. The summed E-state index contributed by atoms with van der Waals surface area (Å²) in [5.41, 5.74) is 2.98. The Balaban J connectivity index is 1.54. The average Bonchev–Trinajstić information content (AvgIpc) is 3.01. The molecule has 1 aliphatic rings. The van der Waals surface area contributed by atoms with Crippen LogP contribution in [0.25, 0.3) is 0 Å². The quantitative estimate of drug-likeness (QED) is 0.924. The van der Waals surface area contributed by atoms with Crippen LogP contribution in [0.1, 0.15) is 24.3 Å². The Morgan fingerprint density at radius 1 is 1.25 bits per heavy atom. The van der Waals surface area contributed by atoms with Crippen molar-refractivity contribution in [2.75, 3.05) is 18.4 Å². The van der Waals surface area contributed by atoms with Crippen molar-refractivity contribution in [1.82, 2.24) is 15.1 Å². The number of aromatic nitrogens is 2. The molecule has 0 aliphatic carbocycles. The van der Waals surface area contributed by atoms with Gasteiger partial charge < -0.3 is 4.90 Å². The third kappa shape index (κ3) is 2.96. The van der Waals surface area contributed by atoms with E-state index in [1.807, 2.05) is 11.0 Å². The number of amides is 2. The monoisotopic (exact) mass is 288 g/mol. The highest BCUT2D eigenvalue weighted by Crippen LogP contribution is 2.28. The van der Waals surface area contributed by atoms with Gasteiger partial charge in [-0.25, -0.2) is 4.79 Å². The molecular weight excluding hydrogens is 272 g/mol. The zero-order chi connectivity index (χ0) is 13.8. The van der Waals surface area contributed by atoms with Gasteiger partial charge in [-0.2, -0.15) is 0 Å². The van der Waals surface area contributed by atoms with Gasteiger partial charge in [-0.05, 0) is 24.3 Å². The zero-order valence-corrected chi connectivity index (χ0v) is 11.8. The summed E-state index contributed by atoms with van der Waals surface area (Å²) in [4.78, 5) is 13.9. The molecule has 0 unspecified atom stereocenters. The van der Waals surface area contributed by atoms with Gasteiger partial charge in [0.2, 0.25) is 5.13 Å². The van der Waals surface area contributed by atoms with Crippen LogP contribution in [-0.4, -0.2) is 34.2 Å². The lowest BCUT2D eigenvalue weighted by Gasteiger charge is -2.31. The number of rotatable bonds is 2. The van der Waals surface area contributed by atoms with Gasteiger partial charge in [-0.15, -0.1) is 10.2 Å². The summed E-state index contributed by atoms with van der Waals surface area (Å²) in [7, 11) is 0. The number of likely N-dealkylation sites (tertiary alicyclic amines) is 1. The maximum absolute atomic E-state index is 12.1. The van der Waals surface area contributed by atoms with Gasteiger partial charge in [0.1, 0.15) is 5.51 Å². The van der Waals surface area contributed by atoms with Crippen LogP contribution in [0.2, 0.25) is 0 Å². The number of urea groups is 1. The lowest BCUT2D eigenvalue weighted by atomic mass is 9.90. The highest BCUT2D eigenvalue weighted by molar-refractivity contribution is 7.13. The molecule has 2 heterocycles. The van der Waals surface area contributed by atoms with Gasteiger partial charge in [0.05, 0.1) is 0 Å². The lowest BCUT2D eigenvalue weighted by Crippen LogP contribution is -2.40. The summed E-state index contributed by atoms with van der Waals surface area (Å²) < 4.78 is 0. The molecule has 6 heteroatoms. The normalized spacial score (nSPS) is 16.1. The Labute approximate surface area is 121 Å². The molecule has 0 spiro atoms. The van der Waals surface area contributed by atoms with E-state index < -0.39 is 0 Å². The Morgan fingerprint density at radius 3 is 2.65 bits per heavy atom. The number of nitrogens with one attached hydrogen (secondary N) is 1. The van der Waals surface area contributed by atoms with Crippen molar-refractivity contribution in [3.8, 4) is 0 Å². The number of carbonyl (C=O) groups is 1. The molecule has 1 aromatic carbocycles. The molecule has 1 aliphatic heterocycles. The van der Waals surface area contributed by atoms with Crippen molar-refractivity contribution in [2.45, 2.75) is 18.8 Å². The summed E-state index contributed by atoms with van der Waals surface area (Å²) in [6.07, 6.45) is 2.01. The van der Waals surface area contributed by atoms with Crippen molar-refractivity contribution in [1.29, 1.82) is 0 Å². The molecule has 0 bridgehead atoms. The third-order valence-electron chi connectivity index (χ3n) is 3.63. The summed E-state index contributed by atoms with van der Waals surface area (Å²) in [6, 6.07) is 10.4. The first kappa shape index (κ1) is 13.1. The summed E-state index contributed by atoms with van der Waals surface area (Å²) in [5, 5.41) is 10.9. The van der Waals surface area contributed by atoms with E-state index in [-0.39, 0.29) is 6.03 Å². The second kappa shape index (κ2) is 6.00. The van der Waals surface area contributed by atoms with E-state index >= 15 is 0 Å². The highest BCUT2D eigenvalue weighted by atomic mass is 32.1. The molecule has 1 N–H and O–H groups in total. The standard InChI is InChI=1S/C14H16N4OS/c19-14(16-13-17-15-10-20-13)18-8-6-12(7-9-18)11-4-2-1-3-5-11/h1-5,10,12H,6-9H2,(H,16,17,19). The fourth-order valence-corrected chi connectivity index (χ4v) is 2.97. The number of anilines is 1. The van der Waals surface area contributed by atoms with Gasteiger partial charge in [0, 0.05) is 13.1 Å². The van der Waals surface area contributed by atoms with Crippen LogP contribution in [0.5, 0.6) is 0 Å². The molecule has 1 aromatic heterocycles. The molecule has 104 valence electrons. The van der Waals surface area contributed by atoms with Gasteiger partial charge in [0.15, 0.2) is 0 Å². The van der Waals surface area contributed by atoms with Gasteiger partial charge >= 0.3 is 6.03 Å². The topological polar surface area (TPSA) is 58.1 Å². The van der Waals surface area contributed by atoms with Gasteiger partial charge in [-0.3, -0.25) is 5.32 Å². The van der Waals surface area contributed by atoms with Crippen molar-refractivity contribution in [2.24, 2.45) is 0 Å². The van der Waals surface area contributed by atoms with Gasteiger partial charge in [-0.1, -0.05) is 41.7 Å². The van der Waals surface area contributed by atoms with Crippen LogP contribution >= 0.6 is 11.3 Å². The molecule has 1 fully saturated rings. The van der Waals surface area contributed by atoms with E-state index in [2.05, 4.69) is 39.8 Å². The van der Waals surface area contributed by atoms with Crippen LogP contribution in [0, 0.1) is 0 Å². The molecule has 0 saturated carbocycles. The summed E-state index contributed by atoms with van der Waals surface area (Å²) in [5.74, 6) is 0.557. The third-order valence-corrected chi connectivity index (χ3v) is 4.23. The Morgan fingerprint density at radius 2 is 2.00 bits per heavy atom. The maximum Gasteiger partial charge on any atom is 0.323 e. The Bertz CT molecular complexity index is 550. The van der Waals surface area contributed by atoms with E-state index in [1.54, 1.807) is 5.51 Å². The van der Waals surface area contributed by atoms with Gasteiger partial charge in [0.25, 0.3) is 0 Å². The minimum atomic E-state index is -0.0757. The van der Waals surface area contributed by atoms with Crippen LogP contribution in [0.15, 0.2) is 35.8 Å². The second-order valence-electron chi connectivity index (χ2n) is 4.85. The first-order chi connectivity index (χ1) is 9.83. The molecule has 1 saturated heterocycles. The predicted molar refractivity (Wildman–Crippen MR) is 78.9 cm³/mol. The number of piperidine rings is 1. The van der Waals surface area contributed by atoms with Crippen molar-refractivity contribution in [3.05, 3.63) is 41.4 Å². The number of hydrogen-bond donors (Lipinski definition) is 1. The van der Waals surface area contributed by atoms with E-state index in [9.17, 15) is 4.79 Å². The lowest BCUT2D eigenvalue weighted by molar-refractivity contribution is 0.194. The van der Waals surface area contributed by atoms with Crippen LogP contribution in [0.4, 0.5) is 9.93 Å². The molecule has 2 amide bonds. The molecule has 0 radical (unpaired) electrons. The largest absolute Gasteiger partial charge is 0.324 e. The molecular formula is C14H16N4OS. The molecule has 20 heavy (non-hydrogen) atoms. The highest BCUT2D eigenvalue weighted by Gasteiger charge is 2.24. The van der Waals surface area contributed by atoms with Crippen molar-refractivity contribution < 1.29 is 4.79 Å². The van der Waals surface area contributed by atoms with Crippen molar-refractivity contribution in [3.63, 3.8) is 0 Å². The van der Waals surface area contributed by atoms with E-state index in [0.29, 0.717) is 11.0 Å². The fourth-order valence-electron chi connectivity index (χ4n) is 2.54. The predicted octanol–water partition coefficient (Wildman–Crippen LogP) is 2.95. The molecule has 2 aromatic rings. The number of benzene rings is 1. The summed E-state index contributed by atoms with van der Waals surface area (Å²) >= 11 is 1.33. The number of nitrogens with zero attached hydrogens (tertiary/aromatic N) is 3. The zero-order valence-electron chi connectivity index (χ0n) is 11.0. The minimum absolute atomic E-state index is 0.0757. The Hall–Kier alpha value is -1.95. The molecule has 5 nitrogen and oxygen atoms in total. The minimum Gasteiger partial charge on any atom is -0.324 e. The maximum atomic E-state index is 12.1. The number of hydrogen-bond acceptors (Lipinski definition) is 4. The number of carbonyl (C=O) groups excluding carboxylic acids is 1. The van der Waals surface area contributed by atoms with Crippen LogP contribution in [-0.2, 0) is 0 Å². The summed E-state index contributed by atoms with van der Waals surface area (Å²) in [6.45, 7) is 1.56. The average molecular weight is 288 g/mol. The van der Waals surface area contributed by atoms with Crippen LogP contribution < -0.4 is 5.32 Å². The SMILES string of the molecule is O=C(Nc1nncs1)N1CCC(c2ccccc2)CC1. The Kier molecular flexibility index (Phi) is 3.92. The van der Waals surface area contributed by atoms with E-state index in [0.717, 1.165) is 25.9 Å².